The van der Waals surface area contributed by atoms with Crippen molar-refractivity contribution in [1.29, 1.82) is 0 Å². The van der Waals surface area contributed by atoms with Crippen LogP contribution in [0.25, 0.3) is 0 Å². The van der Waals surface area contributed by atoms with Crippen LogP contribution in [0.4, 0.5) is 8.78 Å². The van der Waals surface area contributed by atoms with Crippen LogP contribution >= 0.6 is 0 Å². The molecule has 2 unspecified atom stereocenters. The fourth-order valence-corrected chi connectivity index (χ4v) is 3.33. The quantitative estimate of drug-likeness (QED) is 0.913. The summed E-state index contributed by atoms with van der Waals surface area (Å²) in [5, 5.41) is 9.71. The summed E-state index contributed by atoms with van der Waals surface area (Å²) in [4.78, 5) is 17.8. The zero-order chi connectivity index (χ0) is 15.7. The molecular weight excluding hydrogens is 292 g/mol. The Morgan fingerprint density at radius 3 is 2.50 bits per heavy atom. The van der Waals surface area contributed by atoms with Crippen LogP contribution in [-0.2, 0) is 6.54 Å². The monoisotopic (exact) mass is 313 g/mol. The lowest BCUT2D eigenvalue weighted by Gasteiger charge is -2.44. The first-order chi connectivity index (χ1) is 10.5. The van der Waals surface area contributed by atoms with E-state index in [0.29, 0.717) is 18.5 Å². The van der Waals surface area contributed by atoms with E-state index in [2.05, 4.69) is 9.88 Å². The molecule has 7 heteroatoms. The van der Waals surface area contributed by atoms with Gasteiger partial charge >= 0.3 is 0 Å². The number of halogens is 2. The van der Waals surface area contributed by atoms with Crippen molar-refractivity contribution in [1.82, 2.24) is 14.5 Å². The average Bonchev–Trinajstić information content (AvgIpc) is 2.49. The van der Waals surface area contributed by atoms with Gasteiger partial charge in [0.1, 0.15) is 5.69 Å². The zero-order valence-corrected chi connectivity index (χ0v) is 12.4. The molecule has 0 radical (unpaired) electrons. The Hall–Kier alpha value is -1.34. The van der Waals surface area contributed by atoms with E-state index in [-0.39, 0.29) is 6.10 Å². The summed E-state index contributed by atoms with van der Waals surface area (Å²) >= 11 is 0. The summed E-state index contributed by atoms with van der Waals surface area (Å²) < 4.78 is 26.4. The SMILES string of the molecule is O=c1cc(C(F)F)ncn1CC1CCN(C2CCC2O)CC1. The normalized spacial score (nSPS) is 27.1. The van der Waals surface area contributed by atoms with Crippen LogP contribution in [0.15, 0.2) is 17.2 Å². The molecule has 1 saturated heterocycles. The third kappa shape index (κ3) is 3.20. The molecule has 3 rings (SSSR count). The maximum Gasteiger partial charge on any atom is 0.280 e. The predicted molar refractivity (Wildman–Crippen MR) is 76.8 cm³/mol. The molecule has 0 bridgehead atoms. The van der Waals surface area contributed by atoms with Crippen molar-refractivity contribution in [2.45, 2.75) is 50.8 Å². The minimum atomic E-state index is -2.71. The van der Waals surface area contributed by atoms with Crippen molar-refractivity contribution in [2.24, 2.45) is 5.92 Å². The van der Waals surface area contributed by atoms with Crippen molar-refractivity contribution in [3.8, 4) is 0 Å². The number of piperidine rings is 1. The first-order valence-electron chi connectivity index (χ1n) is 7.81. The fraction of sp³-hybridized carbons (Fsp3) is 0.733. The van der Waals surface area contributed by atoms with Crippen molar-refractivity contribution in [3.05, 3.63) is 28.4 Å². The van der Waals surface area contributed by atoms with Gasteiger partial charge in [-0.15, -0.1) is 0 Å². The third-order valence-electron chi connectivity index (χ3n) is 4.90. The average molecular weight is 313 g/mol. The second-order valence-corrected chi connectivity index (χ2v) is 6.30. The van der Waals surface area contributed by atoms with Gasteiger partial charge in [0.2, 0.25) is 0 Å². The van der Waals surface area contributed by atoms with E-state index in [1.54, 1.807) is 0 Å². The molecule has 1 aromatic heterocycles. The molecular formula is C15H21F2N3O2. The van der Waals surface area contributed by atoms with Gasteiger partial charge in [0, 0.05) is 18.7 Å². The van der Waals surface area contributed by atoms with Gasteiger partial charge < -0.3 is 5.11 Å². The molecule has 5 nitrogen and oxygen atoms in total. The maximum atomic E-state index is 12.5. The van der Waals surface area contributed by atoms with Gasteiger partial charge in [-0.1, -0.05) is 0 Å². The number of alkyl halides is 2. The Morgan fingerprint density at radius 2 is 2.00 bits per heavy atom. The van der Waals surface area contributed by atoms with E-state index in [4.69, 9.17) is 0 Å². The van der Waals surface area contributed by atoms with Crippen molar-refractivity contribution < 1.29 is 13.9 Å². The van der Waals surface area contributed by atoms with Crippen LogP contribution in [0.1, 0.15) is 37.8 Å². The Morgan fingerprint density at radius 1 is 1.27 bits per heavy atom. The summed E-state index contributed by atoms with van der Waals surface area (Å²) in [6.45, 7) is 2.36. The summed E-state index contributed by atoms with van der Waals surface area (Å²) in [6, 6.07) is 1.22. The van der Waals surface area contributed by atoms with E-state index in [1.807, 2.05) is 0 Å². The van der Waals surface area contributed by atoms with E-state index in [9.17, 15) is 18.7 Å². The second-order valence-electron chi connectivity index (χ2n) is 6.30. The Balaban J connectivity index is 1.55. The van der Waals surface area contributed by atoms with Gasteiger partial charge in [0.25, 0.3) is 12.0 Å². The standard InChI is InChI=1S/C15H21F2N3O2/c16-15(17)11-7-14(22)20(9-18-11)8-10-3-5-19(6-4-10)12-1-2-13(12)21/h7,9-10,12-13,15,21H,1-6,8H2. The number of rotatable bonds is 4. The van der Waals surface area contributed by atoms with Crippen LogP contribution in [0, 0.1) is 5.92 Å². The highest BCUT2D eigenvalue weighted by Gasteiger charge is 2.35. The van der Waals surface area contributed by atoms with E-state index in [1.165, 1.54) is 10.9 Å². The summed E-state index contributed by atoms with van der Waals surface area (Å²) in [6.07, 6.45) is 2.18. The summed E-state index contributed by atoms with van der Waals surface area (Å²) in [5.74, 6) is 0.352. The fourth-order valence-electron chi connectivity index (χ4n) is 3.33. The molecule has 1 aliphatic heterocycles. The second kappa shape index (κ2) is 6.42. The minimum absolute atomic E-state index is 0.190. The van der Waals surface area contributed by atoms with Gasteiger partial charge in [-0.25, -0.2) is 13.8 Å². The van der Waals surface area contributed by atoms with Crippen molar-refractivity contribution in [3.63, 3.8) is 0 Å². The molecule has 122 valence electrons. The third-order valence-corrected chi connectivity index (χ3v) is 4.90. The molecule has 2 heterocycles. The zero-order valence-electron chi connectivity index (χ0n) is 12.4. The van der Waals surface area contributed by atoms with E-state index >= 15 is 0 Å². The summed E-state index contributed by atoms with van der Waals surface area (Å²) in [5.41, 5.74) is -0.878. The number of aliphatic hydroxyl groups is 1. The number of nitrogens with zero attached hydrogens (tertiary/aromatic N) is 3. The highest BCUT2D eigenvalue weighted by Crippen LogP contribution is 2.29. The number of likely N-dealkylation sites (tertiary alicyclic amines) is 1. The van der Waals surface area contributed by atoms with Gasteiger partial charge in [0.15, 0.2) is 0 Å². The number of aliphatic hydroxyl groups excluding tert-OH is 1. The molecule has 1 aliphatic carbocycles. The molecule has 22 heavy (non-hydrogen) atoms. The van der Waals surface area contributed by atoms with E-state index < -0.39 is 17.7 Å². The first-order valence-corrected chi connectivity index (χ1v) is 7.81. The number of aromatic nitrogens is 2. The number of hydrogen-bond donors (Lipinski definition) is 1. The van der Waals surface area contributed by atoms with Crippen LogP contribution in [-0.4, -0.2) is 44.8 Å². The molecule has 0 spiro atoms. The molecule has 0 amide bonds. The molecule has 1 saturated carbocycles. The van der Waals surface area contributed by atoms with E-state index in [0.717, 1.165) is 44.8 Å². The largest absolute Gasteiger partial charge is 0.391 e. The highest BCUT2D eigenvalue weighted by atomic mass is 19.3. The van der Waals surface area contributed by atoms with Gasteiger partial charge in [-0.05, 0) is 44.7 Å². The predicted octanol–water partition coefficient (Wildman–Crippen LogP) is 1.42. The van der Waals surface area contributed by atoms with Crippen LogP contribution in [0.3, 0.4) is 0 Å². The lowest BCUT2D eigenvalue weighted by molar-refractivity contribution is -0.0346. The Kier molecular flexibility index (Phi) is 4.54. The molecule has 2 fully saturated rings. The lowest BCUT2D eigenvalue weighted by atomic mass is 9.85. The Bertz CT molecular complexity index is 570. The molecule has 0 aromatic carbocycles. The number of hydrogen-bond acceptors (Lipinski definition) is 4. The van der Waals surface area contributed by atoms with Crippen LogP contribution in [0.2, 0.25) is 0 Å². The van der Waals surface area contributed by atoms with Crippen molar-refractivity contribution in [2.75, 3.05) is 13.1 Å². The maximum absolute atomic E-state index is 12.5. The van der Waals surface area contributed by atoms with Gasteiger partial charge in [-0.2, -0.15) is 0 Å². The van der Waals surface area contributed by atoms with Crippen LogP contribution < -0.4 is 5.56 Å². The molecule has 1 N–H and O–H groups in total. The Labute approximate surface area is 127 Å². The lowest BCUT2D eigenvalue weighted by Crippen LogP contribution is -2.53. The molecule has 2 atom stereocenters. The van der Waals surface area contributed by atoms with Gasteiger partial charge in [-0.3, -0.25) is 14.3 Å². The van der Waals surface area contributed by atoms with Crippen LogP contribution in [0.5, 0.6) is 0 Å². The van der Waals surface area contributed by atoms with Crippen molar-refractivity contribution >= 4 is 0 Å². The first kappa shape index (κ1) is 15.6. The summed E-state index contributed by atoms with van der Waals surface area (Å²) in [7, 11) is 0. The topological polar surface area (TPSA) is 58.4 Å². The molecule has 1 aromatic rings. The highest BCUT2D eigenvalue weighted by molar-refractivity contribution is 5.01. The van der Waals surface area contributed by atoms with Gasteiger partial charge in [0.05, 0.1) is 12.4 Å². The minimum Gasteiger partial charge on any atom is -0.391 e. The smallest absolute Gasteiger partial charge is 0.280 e. The molecule has 2 aliphatic rings.